The number of nitrogens with zero attached hydrogens (tertiary/aromatic N) is 1. The largest absolute Gasteiger partial charge is 0.490 e. The zero-order chi connectivity index (χ0) is 27.7. The van der Waals surface area contributed by atoms with Gasteiger partial charge in [-0.3, -0.25) is 9.59 Å². The Balaban J connectivity index is 1.67. The number of nitrogens with one attached hydrogen (secondary N) is 2. The summed E-state index contributed by atoms with van der Waals surface area (Å²) in [6.07, 6.45) is 1.52. The topological polar surface area (TPSA) is 89.0 Å². The molecule has 1 unspecified atom stereocenters. The van der Waals surface area contributed by atoms with E-state index >= 15 is 0 Å². The van der Waals surface area contributed by atoms with Gasteiger partial charge < -0.3 is 14.8 Å². The third kappa shape index (κ3) is 8.18. The highest BCUT2D eigenvalue weighted by molar-refractivity contribution is 9.10. The first-order valence-corrected chi connectivity index (χ1v) is 13.3. The van der Waals surface area contributed by atoms with Gasteiger partial charge in [-0.1, -0.05) is 61.4 Å². The van der Waals surface area contributed by atoms with Crippen molar-refractivity contribution in [3.05, 3.63) is 93.0 Å². The predicted molar refractivity (Wildman–Crippen MR) is 154 cm³/mol. The van der Waals surface area contributed by atoms with E-state index in [0.29, 0.717) is 40.3 Å². The minimum Gasteiger partial charge on any atom is -0.490 e. The summed E-state index contributed by atoms with van der Waals surface area (Å²) in [5.41, 5.74) is 7.03. The summed E-state index contributed by atoms with van der Waals surface area (Å²) in [6.45, 7) is 10.5. The van der Waals surface area contributed by atoms with Gasteiger partial charge in [-0.2, -0.15) is 5.10 Å². The van der Waals surface area contributed by atoms with Crippen molar-refractivity contribution in [2.24, 2.45) is 11.0 Å². The molecule has 3 aromatic rings. The molecule has 0 bridgehead atoms. The van der Waals surface area contributed by atoms with Crippen molar-refractivity contribution in [2.75, 3.05) is 6.61 Å². The van der Waals surface area contributed by atoms with Crippen LogP contribution in [0.4, 0.5) is 0 Å². The lowest BCUT2D eigenvalue weighted by Crippen LogP contribution is -2.48. The Morgan fingerprint density at radius 3 is 2.21 bits per heavy atom. The molecule has 7 nitrogen and oxygen atoms in total. The summed E-state index contributed by atoms with van der Waals surface area (Å²) in [5, 5.41) is 6.92. The van der Waals surface area contributed by atoms with Gasteiger partial charge in [-0.25, -0.2) is 5.43 Å². The van der Waals surface area contributed by atoms with Crippen LogP contribution in [-0.4, -0.2) is 30.7 Å². The number of benzene rings is 3. The maximum Gasteiger partial charge on any atom is 0.262 e. The second-order valence-electron chi connectivity index (χ2n) is 9.33. The van der Waals surface area contributed by atoms with Crippen LogP contribution in [0.2, 0.25) is 0 Å². The maximum absolute atomic E-state index is 12.8. The quantitative estimate of drug-likeness (QED) is 0.217. The van der Waals surface area contributed by atoms with E-state index in [2.05, 4.69) is 31.8 Å². The molecule has 2 N–H and O–H groups in total. The van der Waals surface area contributed by atoms with Crippen molar-refractivity contribution < 1.29 is 19.1 Å². The Labute approximate surface area is 232 Å². The third-order valence-electron chi connectivity index (χ3n) is 5.77. The van der Waals surface area contributed by atoms with Crippen LogP contribution in [0.15, 0.2) is 70.2 Å². The van der Waals surface area contributed by atoms with Crippen molar-refractivity contribution in [3.63, 3.8) is 0 Å². The van der Waals surface area contributed by atoms with E-state index in [9.17, 15) is 9.59 Å². The number of hydrogen-bond donors (Lipinski definition) is 2. The number of hydrogen-bond acceptors (Lipinski definition) is 5. The van der Waals surface area contributed by atoms with Crippen molar-refractivity contribution in [1.29, 1.82) is 0 Å². The number of aryl methyl sites for hydroxylation is 2. The first-order chi connectivity index (χ1) is 18.2. The van der Waals surface area contributed by atoms with E-state index in [1.807, 2.05) is 77.1 Å². The molecule has 38 heavy (non-hydrogen) atoms. The Bertz CT molecular complexity index is 1270. The molecule has 8 heteroatoms. The van der Waals surface area contributed by atoms with E-state index in [1.165, 1.54) is 11.8 Å². The summed E-state index contributed by atoms with van der Waals surface area (Å²) < 4.78 is 12.6. The van der Waals surface area contributed by atoms with E-state index < -0.39 is 11.9 Å². The second kappa shape index (κ2) is 13.8. The van der Waals surface area contributed by atoms with E-state index in [-0.39, 0.29) is 11.8 Å². The lowest BCUT2D eigenvalue weighted by atomic mass is 10.0. The van der Waals surface area contributed by atoms with Crippen molar-refractivity contribution >= 4 is 34.0 Å². The highest BCUT2D eigenvalue weighted by Gasteiger charge is 2.24. The zero-order valence-corrected chi connectivity index (χ0v) is 24.0. The van der Waals surface area contributed by atoms with Gasteiger partial charge in [0.25, 0.3) is 11.8 Å². The van der Waals surface area contributed by atoms with Gasteiger partial charge in [0, 0.05) is 5.56 Å². The SMILES string of the molecule is CCOc1cc(C=NNC(=O)C(NC(=O)c2ccc(C)cc2)C(C)C)cc(Br)c1OCc1ccc(C)cc1. The second-order valence-corrected chi connectivity index (χ2v) is 10.2. The number of ether oxygens (including phenoxy) is 2. The highest BCUT2D eigenvalue weighted by Crippen LogP contribution is 2.37. The van der Waals surface area contributed by atoms with Gasteiger partial charge in [0.2, 0.25) is 0 Å². The molecule has 0 aromatic heterocycles. The van der Waals surface area contributed by atoms with Crippen molar-refractivity contribution in [3.8, 4) is 11.5 Å². The molecular weight excluding hydrogens is 546 g/mol. The van der Waals surface area contributed by atoms with Crippen LogP contribution in [-0.2, 0) is 11.4 Å². The van der Waals surface area contributed by atoms with Gasteiger partial charge in [-0.15, -0.1) is 0 Å². The van der Waals surface area contributed by atoms with Crippen LogP contribution in [0.5, 0.6) is 11.5 Å². The molecular formula is C30H34BrN3O4. The molecule has 0 spiro atoms. The molecule has 0 aliphatic heterocycles. The third-order valence-corrected chi connectivity index (χ3v) is 6.36. The van der Waals surface area contributed by atoms with E-state index in [4.69, 9.17) is 9.47 Å². The lowest BCUT2D eigenvalue weighted by Gasteiger charge is -2.20. The summed E-state index contributed by atoms with van der Waals surface area (Å²) in [7, 11) is 0. The predicted octanol–water partition coefficient (Wildman–Crippen LogP) is 5.95. The van der Waals surface area contributed by atoms with Gasteiger partial charge in [-0.05, 0) is 78.0 Å². The van der Waals surface area contributed by atoms with Crippen LogP contribution >= 0.6 is 15.9 Å². The normalized spacial score (nSPS) is 11.9. The maximum atomic E-state index is 12.8. The Morgan fingerprint density at radius 2 is 1.61 bits per heavy atom. The summed E-state index contributed by atoms with van der Waals surface area (Å²) in [5.74, 6) is 0.302. The van der Waals surface area contributed by atoms with Crippen LogP contribution in [0.1, 0.15) is 53.4 Å². The molecule has 0 saturated carbocycles. The summed E-state index contributed by atoms with van der Waals surface area (Å²) in [4.78, 5) is 25.5. The van der Waals surface area contributed by atoms with E-state index in [1.54, 1.807) is 18.2 Å². The monoisotopic (exact) mass is 579 g/mol. The van der Waals surface area contributed by atoms with Crippen molar-refractivity contribution in [2.45, 2.75) is 47.3 Å². The number of hydrazone groups is 1. The lowest BCUT2D eigenvalue weighted by molar-refractivity contribution is -0.123. The number of halogens is 1. The number of rotatable bonds is 11. The van der Waals surface area contributed by atoms with Gasteiger partial charge in [0.15, 0.2) is 11.5 Å². The molecule has 3 rings (SSSR count). The molecule has 200 valence electrons. The Morgan fingerprint density at radius 1 is 0.974 bits per heavy atom. The Kier molecular flexibility index (Phi) is 10.5. The van der Waals surface area contributed by atoms with Crippen LogP contribution in [0.25, 0.3) is 0 Å². The molecule has 2 amide bonds. The molecule has 0 heterocycles. The fourth-order valence-corrected chi connectivity index (χ4v) is 4.18. The molecule has 0 saturated heterocycles. The first kappa shape index (κ1) is 28.9. The fraction of sp³-hybridized carbons (Fsp3) is 0.300. The number of amides is 2. The molecule has 1 atom stereocenters. The number of carbonyl (C=O) groups excluding carboxylic acids is 2. The standard InChI is InChI=1S/C30H34BrN3O4/c1-6-37-26-16-23(15-25(31)28(26)38-18-22-11-7-20(4)8-12-22)17-32-34-30(36)27(19(2)3)33-29(35)24-13-9-21(5)10-14-24/h7-17,19,27H,6,18H2,1-5H3,(H,33,35)(H,34,36). The van der Waals surface area contributed by atoms with Gasteiger partial charge >= 0.3 is 0 Å². The van der Waals surface area contributed by atoms with E-state index in [0.717, 1.165) is 11.1 Å². The van der Waals surface area contributed by atoms with Crippen LogP contribution in [0, 0.1) is 19.8 Å². The molecule has 0 radical (unpaired) electrons. The highest BCUT2D eigenvalue weighted by atomic mass is 79.9. The average Bonchev–Trinajstić information content (AvgIpc) is 2.88. The van der Waals surface area contributed by atoms with Gasteiger partial charge in [0.1, 0.15) is 12.6 Å². The fourth-order valence-electron chi connectivity index (χ4n) is 3.61. The smallest absolute Gasteiger partial charge is 0.262 e. The summed E-state index contributed by atoms with van der Waals surface area (Å²) >= 11 is 3.57. The summed E-state index contributed by atoms with van der Waals surface area (Å²) in [6, 6.07) is 18.2. The molecule has 0 aliphatic carbocycles. The van der Waals surface area contributed by atoms with Crippen LogP contribution in [0.3, 0.4) is 0 Å². The van der Waals surface area contributed by atoms with Crippen LogP contribution < -0.4 is 20.2 Å². The Hall–Kier alpha value is -3.65. The minimum absolute atomic E-state index is 0.136. The average molecular weight is 581 g/mol. The van der Waals surface area contributed by atoms with Gasteiger partial charge in [0.05, 0.1) is 17.3 Å². The number of carbonyl (C=O) groups is 2. The molecule has 0 aliphatic rings. The molecule has 0 fully saturated rings. The first-order valence-electron chi connectivity index (χ1n) is 12.5. The zero-order valence-electron chi connectivity index (χ0n) is 22.4. The molecule has 3 aromatic carbocycles. The van der Waals surface area contributed by atoms with Crippen molar-refractivity contribution in [1.82, 2.24) is 10.7 Å². The minimum atomic E-state index is -0.746.